The molecule has 1 amide bonds. The predicted octanol–water partition coefficient (Wildman–Crippen LogP) is 4.30. The van der Waals surface area contributed by atoms with Crippen molar-refractivity contribution in [1.82, 2.24) is 4.90 Å². The van der Waals surface area contributed by atoms with Crippen LogP contribution in [0.1, 0.15) is 42.7 Å². The Morgan fingerprint density at radius 2 is 1.68 bits per heavy atom. The Morgan fingerprint density at radius 3 is 2.28 bits per heavy atom. The lowest BCUT2D eigenvalue weighted by atomic mass is 9.81. The van der Waals surface area contributed by atoms with Crippen LogP contribution in [0.4, 0.5) is 4.79 Å². The molecule has 1 saturated carbocycles. The van der Waals surface area contributed by atoms with Crippen LogP contribution in [0.25, 0.3) is 0 Å². The molecule has 5 nitrogen and oxygen atoms in total. The highest BCUT2D eigenvalue weighted by Crippen LogP contribution is 2.39. The molecule has 0 unspecified atom stereocenters. The first-order valence-electron chi connectivity index (χ1n) is 8.60. The number of carbonyl (C=O) groups is 1. The second-order valence-corrected chi connectivity index (χ2v) is 6.64. The Labute approximate surface area is 147 Å². The fourth-order valence-electron chi connectivity index (χ4n) is 3.71. The van der Waals surface area contributed by atoms with Gasteiger partial charge in [-0.25, -0.2) is 4.79 Å². The van der Waals surface area contributed by atoms with E-state index >= 15 is 0 Å². The van der Waals surface area contributed by atoms with Crippen LogP contribution in [0.15, 0.2) is 48.5 Å². The monoisotopic (exact) mass is 341 g/mol. The van der Waals surface area contributed by atoms with Gasteiger partial charge in [0.25, 0.3) is 0 Å². The fourth-order valence-corrected chi connectivity index (χ4v) is 3.71. The summed E-state index contributed by atoms with van der Waals surface area (Å²) >= 11 is 0. The lowest BCUT2D eigenvalue weighted by Gasteiger charge is -2.35. The van der Waals surface area contributed by atoms with E-state index in [0.29, 0.717) is 6.54 Å². The van der Waals surface area contributed by atoms with Gasteiger partial charge in [0, 0.05) is 18.7 Å². The van der Waals surface area contributed by atoms with Gasteiger partial charge in [0.05, 0.1) is 0 Å². The highest BCUT2D eigenvalue weighted by molar-refractivity contribution is 5.65. The molecule has 0 heterocycles. The maximum Gasteiger partial charge on any atom is 0.407 e. The minimum absolute atomic E-state index is 0.00628. The number of phenols is 2. The zero-order valence-electron chi connectivity index (χ0n) is 14.0. The summed E-state index contributed by atoms with van der Waals surface area (Å²) in [6, 6.07) is 14.3. The van der Waals surface area contributed by atoms with Crippen LogP contribution in [0.2, 0.25) is 0 Å². The summed E-state index contributed by atoms with van der Waals surface area (Å²) in [5.74, 6) is 0.363. The van der Waals surface area contributed by atoms with E-state index < -0.39 is 6.09 Å². The molecule has 132 valence electrons. The number of rotatable bonds is 4. The van der Waals surface area contributed by atoms with E-state index in [1.807, 2.05) is 30.3 Å². The van der Waals surface area contributed by atoms with Crippen LogP contribution in [0.5, 0.6) is 11.5 Å². The number of hydrogen-bond acceptors (Lipinski definition) is 3. The molecule has 2 aromatic rings. The molecule has 1 fully saturated rings. The fraction of sp³-hybridized carbons (Fsp3) is 0.350. The zero-order valence-corrected chi connectivity index (χ0v) is 14.0. The minimum atomic E-state index is -0.889. The van der Waals surface area contributed by atoms with Gasteiger partial charge in [0.1, 0.15) is 11.5 Å². The lowest BCUT2D eigenvalue weighted by Crippen LogP contribution is -2.40. The summed E-state index contributed by atoms with van der Waals surface area (Å²) < 4.78 is 0. The van der Waals surface area contributed by atoms with Crippen molar-refractivity contribution in [3.63, 3.8) is 0 Å². The first-order chi connectivity index (χ1) is 12.0. The second kappa shape index (κ2) is 7.47. The molecule has 25 heavy (non-hydrogen) atoms. The van der Waals surface area contributed by atoms with Gasteiger partial charge in [-0.1, -0.05) is 36.4 Å². The molecule has 0 saturated heterocycles. The van der Waals surface area contributed by atoms with Gasteiger partial charge < -0.3 is 20.2 Å². The molecule has 0 spiro atoms. The van der Waals surface area contributed by atoms with Gasteiger partial charge in [0.15, 0.2) is 0 Å². The molecule has 1 aliphatic carbocycles. The molecule has 0 aromatic heterocycles. The Balaban J connectivity index is 1.66. The Kier molecular flexibility index (Phi) is 5.12. The Hall–Kier alpha value is -2.69. The Morgan fingerprint density at radius 1 is 1.00 bits per heavy atom. The maximum absolute atomic E-state index is 11.7. The van der Waals surface area contributed by atoms with Gasteiger partial charge in [-0.2, -0.15) is 0 Å². The average Bonchev–Trinajstić information content (AvgIpc) is 2.61. The molecule has 0 aliphatic heterocycles. The molecule has 3 N–H and O–H groups in total. The zero-order chi connectivity index (χ0) is 17.8. The van der Waals surface area contributed by atoms with Crippen molar-refractivity contribution < 1.29 is 20.1 Å². The number of carboxylic acid groups (broad SMARTS) is 1. The normalized spacial score (nSPS) is 20.2. The maximum atomic E-state index is 11.7. The van der Waals surface area contributed by atoms with Crippen molar-refractivity contribution in [3.05, 3.63) is 59.7 Å². The van der Waals surface area contributed by atoms with Crippen LogP contribution in [0, 0.1) is 0 Å². The smallest absolute Gasteiger partial charge is 0.407 e. The van der Waals surface area contributed by atoms with E-state index in [4.69, 9.17) is 0 Å². The number of hydrogen-bond donors (Lipinski definition) is 3. The van der Waals surface area contributed by atoms with Crippen LogP contribution >= 0.6 is 0 Å². The molecule has 0 atom stereocenters. The Bertz CT molecular complexity index is 724. The molecule has 0 bridgehead atoms. The minimum Gasteiger partial charge on any atom is -0.508 e. The number of nitrogens with zero attached hydrogens (tertiary/aromatic N) is 1. The van der Waals surface area contributed by atoms with E-state index in [9.17, 15) is 20.1 Å². The van der Waals surface area contributed by atoms with Crippen molar-refractivity contribution in [2.75, 3.05) is 0 Å². The van der Waals surface area contributed by atoms with E-state index in [-0.39, 0.29) is 23.5 Å². The van der Waals surface area contributed by atoms with E-state index in [2.05, 4.69) is 0 Å². The molecule has 2 aromatic carbocycles. The van der Waals surface area contributed by atoms with Crippen LogP contribution in [-0.2, 0) is 6.54 Å². The summed E-state index contributed by atoms with van der Waals surface area (Å²) in [5, 5.41) is 29.1. The predicted molar refractivity (Wildman–Crippen MR) is 94.8 cm³/mol. The van der Waals surface area contributed by atoms with Crippen molar-refractivity contribution in [2.24, 2.45) is 0 Å². The van der Waals surface area contributed by atoms with Gasteiger partial charge in [-0.05, 0) is 48.8 Å². The molecular formula is C20H23NO4. The number of benzene rings is 2. The van der Waals surface area contributed by atoms with E-state index in [0.717, 1.165) is 36.8 Å². The van der Waals surface area contributed by atoms with Gasteiger partial charge >= 0.3 is 6.09 Å². The lowest BCUT2D eigenvalue weighted by molar-refractivity contribution is 0.104. The molecule has 3 rings (SSSR count). The summed E-state index contributed by atoms with van der Waals surface area (Å²) in [4.78, 5) is 13.2. The quantitative estimate of drug-likeness (QED) is 0.774. The third kappa shape index (κ3) is 4.05. The third-order valence-corrected chi connectivity index (χ3v) is 5.03. The SMILES string of the molecule is O=C(O)N(Cc1ccccc1)[C@H]1CC[C@H](c2ccc(O)cc2O)CC1. The van der Waals surface area contributed by atoms with Crippen molar-refractivity contribution >= 4 is 6.09 Å². The number of phenolic OH excluding ortho intramolecular Hbond substituents is 2. The first-order valence-corrected chi connectivity index (χ1v) is 8.60. The van der Waals surface area contributed by atoms with Crippen molar-refractivity contribution in [1.29, 1.82) is 0 Å². The van der Waals surface area contributed by atoms with Gasteiger partial charge in [0.2, 0.25) is 0 Å². The highest BCUT2D eigenvalue weighted by atomic mass is 16.4. The number of aromatic hydroxyl groups is 2. The number of amides is 1. The first kappa shape index (κ1) is 17.1. The average molecular weight is 341 g/mol. The van der Waals surface area contributed by atoms with E-state index in [1.165, 1.54) is 11.0 Å². The van der Waals surface area contributed by atoms with Crippen LogP contribution in [0.3, 0.4) is 0 Å². The molecule has 0 radical (unpaired) electrons. The third-order valence-electron chi connectivity index (χ3n) is 5.03. The topological polar surface area (TPSA) is 81.0 Å². The molecular weight excluding hydrogens is 318 g/mol. The summed E-state index contributed by atoms with van der Waals surface area (Å²) in [6.45, 7) is 0.399. The van der Waals surface area contributed by atoms with Crippen molar-refractivity contribution in [2.45, 2.75) is 44.2 Å². The highest BCUT2D eigenvalue weighted by Gasteiger charge is 2.30. The standard InChI is InChI=1S/C20H23NO4/c22-17-10-11-18(19(23)12-17)15-6-8-16(9-7-15)21(20(24)25)13-14-4-2-1-3-5-14/h1-5,10-12,15-16,22-23H,6-9,13H2,(H,24,25)/t15-,16-. The summed E-state index contributed by atoms with van der Waals surface area (Å²) in [7, 11) is 0. The van der Waals surface area contributed by atoms with Gasteiger partial charge in [-0.15, -0.1) is 0 Å². The second-order valence-electron chi connectivity index (χ2n) is 6.64. The molecule has 5 heteroatoms. The van der Waals surface area contributed by atoms with Crippen LogP contribution in [-0.4, -0.2) is 32.4 Å². The largest absolute Gasteiger partial charge is 0.508 e. The van der Waals surface area contributed by atoms with Crippen LogP contribution < -0.4 is 0 Å². The van der Waals surface area contributed by atoms with Gasteiger partial charge in [-0.3, -0.25) is 0 Å². The molecule has 1 aliphatic rings. The van der Waals surface area contributed by atoms with E-state index in [1.54, 1.807) is 12.1 Å². The summed E-state index contributed by atoms with van der Waals surface area (Å²) in [6.07, 6.45) is 2.29. The summed E-state index contributed by atoms with van der Waals surface area (Å²) in [5.41, 5.74) is 1.82. The van der Waals surface area contributed by atoms with Crippen molar-refractivity contribution in [3.8, 4) is 11.5 Å².